The van der Waals surface area contributed by atoms with Crippen molar-refractivity contribution in [1.82, 2.24) is 9.97 Å². The average molecular weight is 437 g/mol. The number of aromatic carboxylic acids is 1. The van der Waals surface area contributed by atoms with Crippen LogP contribution >= 0.6 is 23.1 Å². The first kappa shape index (κ1) is 20.4. The monoisotopic (exact) mass is 436 g/mol. The van der Waals surface area contributed by atoms with E-state index in [1.807, 2.05) is 23.6 Å². The van der Waals surface area contributed by atoms with Gasteiger partial charge in [0.15, 0.2) is 5.16 Å². The number of nitrogens with zero attached hydrogens (tertiary/aromatic N) is 1. The van der Waals surface area contributed by atoms with Crippen LogP contribution in [0.3, 0.4) is 0 Å². The van der Waals surface area contributed by atoms with Crippen LogP contribution in [0, 0.1) is 0 Å². The molecule has 30 heavy (non-hydrogen) atoms. The lowest BCUT2D eigenvalue weighted by Crippen LogP contribution is -2.08. The molecule has 0 unspecified atom stereocenters. The maximum absolute atomic E-state index is 12.8. The Morgan fingerprint density at radius 2 is 1.97 bits per heavy atom. The van der Waals surface area contributed by atoms with Crippen LogP contribution in [0.25, 0.3) is 21.3 Å². The van der Waals surface area contributed by atoms with Gasteiger partial charge in [-0.15, -0.1) is 11.3 Å². The Hall–Kier alpha value is -2.90. The molecule has 0 bridgehead atoms. The van der Waals surface area contributed by atoms with E-state index in [-0.39, 0.29) is 11.1 Å². The maximum Gasteiger partial charge on any atom is 0.335 e. The van der Waals surface area contributed by atoms with Crippen molar-refractivity contribution in [2.24, 2.45) is 0 Å². The van der Waals surface area contributed by atoms with Gasteiger partial charge in [-0.1, -0.05) is 62.0 Å². The van der Waals surface area contributed by atoms with E-state index in [4.69, 9.17) is 5.11 Å². The summed E-state index contributed by atoms with van der Waals surface area (Å²) in [4.78, 5) is 32.1. The molecule has 5 nitrogen and oxygen atoms in total. The van der Waals surface area contributed by atoms with Crippen LogP contribution in [0.5, 0.6) is 0 Å². The summed E-state index contributed by atoms with van der Waals surface area (Å²) in [6.45, 7) is 4.31. The summed E-state index contributed by atoms with van der Waals surface area (Å²) in [5.74, 6) is 0.0197. The molecule has 4 aromatic rings. The van der Waals surface area contributed by atoms with Gasteiger partial charge in [-0.25, -0.2) is 9.78 Å². The number of hydrogen-bond acceptors (Lipinski definition) is 5. The number of carboxylic acids is 1. The normalized spacial score (nSPS) is 11.3. The van der Waals surface area contributed by atoms with Crippen molar-refractivity contribution >= 4 is 39.3 Å². The van der Waals surface area contributed by atoms with Crippen molar-refractivity contribution in [1.29, 1.82) is 0 Å². The second kappa shape index (κ2) is 8.45. The van der Waals surface area contributed by atoms with Gasteiger partial charge in [0.05, 0.1) is 10.9 Å². The molecule has 0 radical (unpaired) electrons. The molecule has 2 N–H and O–H groups in total. The Bertz CT molecular complexity index is 1270. The van der Waals surface area contributed by atoms with E-state index in [0.29, 0.717) is 27.0 Å². The number of aromatic nitrogens is 2. The molecule has 152 valence electrons. The average Bonchev–Trinajstić information content (AvgIpc) is 3.17. The fraction of sp³-hybridized carbons (Fsp3) is 0.174. The Kier molecular flexibility index (Phi) is 5.74. The molecule has 0 aliphatic rings. The summed E-state index contributed by atoms with van der Waals surface area (Å²) in [7, 11) is 0. The first-order valence-corrected chi connectivity index (χ1v) is 11.4. The van der Waals surface area contributed by atoms with Gasteiger partial charge in [-0.05, 0) is 34.7 Å². The zero-order chi connectivity index (χ0) is 21.3. The van der Waals surface area contributed by atoms with Crippen molar-refractivity contribution in [3.05, 3.63) is 81.0 Å². The van der Waals surface area contributed by atoms with Crippen LogP contribution in [0.1, 0.15) is 41.3 Å². The molecular weight excluding hydrogens is 416 g/mol. The fourth-order valence-corrected chi connectivity index (χ4v) is 5.01. The molecule has 0 saturated carbocycles. The lowest BCUT2D eigenvalue weighted by molar-refractivity contribution is 0.0697. The zero-order valence-corrected chi connectivity index (χ0v) is 18.1. The van der Waals surface area contributed by atoms with Crippen molar-refractivity contribution in [3.63, 3.8) is 0 Å². The fourth-order valence-electron chi connectivity index (χ4n) is 3.20. The van der Waals surface area contributed by atoms with Gasteiger partial charge in [-0.3, -0.25) is 4.79 Å². The molecule has 0 saturated heterocycles. The minimum absolute atomic E-state index is 0.161. The van der Waals surface area contributed by atoms with Crippen LogP contribution in [0.2, 0.25) is 0 Å². The van der Waals surface area contributed by atoms with Gasteiger partial charge in [0.2, 0.25) is 0 Å². The molecule has 0 aliphatic heterocycles. The van der Waals surface area contributed by atoms with Crippen molar-refractivity contribution in [2.45, 2.75) is 30.7 Å². The number of nitrogens with one attached hydrogen (secondary N) is 1. The zero-order valence-electron chi connectivity index (χ0n) is 16.5. The molecule has 2 heterocycles. The SMILES string of the molecule is CC(C)c1ccc(-c2csc3nc(SCc4cccc(C(=O)O)c4)[nH]c(=O)c23)cc1. The number of hydrogen-bond donors (Lipinski definition) is 2. The predicted octanol–water partition coefficient (Wildman–Crippen LogP) is 5.77. The summed E-state index contributed by atoms with van der Waals surface area (Å²) in [5, 5.41) is 12.2. The van der Waals surface area contributed by atoms with Gasteiger partial charge in [0.1, 0.15) is 4.83 Å². The third-order valence-electron chi connectivity index (χ3n) is 4.86. The number of carbonyl (C=O) groups is 1. The van der Waals surface area contributed by atoms with E-state index in [1.54, 1.807) is 18.2 Å². The van der Waals surface area contributed by atoms with Crippen molar-refractivity contribution in [2.75, 3.05) is 0 Å². The molecule has 0 aliphatic carbocycles. The molecule has 0 atom stereocenters. The van der Waals surface area contributed by atoms with Crippen molar-refractivity contribution in [3.8, 4) is 11.1 Å². The predicted molar refractivity (Wildman–Crippen MR) is 123 cm³/mol. The summed E-state index contributed by atoms with van der Waals surface area (Å²) in [5.41, 5.74) is 4.10. The van der Waals surface area contributed by atoms with E-state index in [0.717, 1.165) is 16.7 Å². The number of thiophene rings is 1. The van der Waals surface area contributed by atoms with Crippen LogP contribution in [0.15, 0.2) is 63.9 Å². The highest BCUT2D eigenvalue weighted by Gasteiger charge is 2.14. The minimum atomic E-state index is -0.956. The summed E-state index contributed by atoms with van der Waals surface area (Å²) in [6, 6.07) is 15.1. The van der Waals surface area contributed by atoms with Crippen LogP contribution in [-0.4, -0.2) is 21.0 Å². The number of thioether (sulfide) groups is 1. The van der Waals surface area contributed by atoms with Crippen molar-refractivity contribution < 1.29 is 9.90 Å². The van der Waals surface area contributed by atoms with Crippen LogP contribution < -0.4 is 5.56 Å². The summed E-state index contributed by atoms with van der Waals surface area (Å²) in [6.07, 6.45) is 0. The quantitative estimate of drug-likeness (QED) is 0.296. The number of carboxylic acid groups (broad SMARTS) is 1. The van der Waals surface area contributed by atoms with Gasteiger partial charge in [0.25, 0.3) is 5.56 Å². The summed E-state index contributed by atoms with van der Waals surface area (Å²) < 4.78 is 0. The van der Waals surface area contributed by atoms with Gasteiger partial charge < -0.3 is 10.1 Å². The number of benzene rings is 2. The Balaban J connectivity index is 1.60. The highest BCUT2D eigenvalue weighted by atomic mass is 32.2. The first-order valence-electron chi connectivity index (χ1n) is 9.49. The highest BCUT2D eigenvalue weighted by Crippen LogP contribution is 2.32. The topological polar surface area (TPSA) is 83.0 Å². The van der Waals surface area contributed by atoms with E-state index in [9.17, 15) is 9.59 Å². The second-order valence-electron chi connectivity index (χ2n) is 7.27. The Morgan fingerprint density at radius 3 is 2.67 bits per heavy atom. The molecule has 0 amide bonds. The second-order valence-corrected chi connectivity index (χ2v) is 9.09. The number of H-pyrrole nitrogens is 1. The lowest BCUT2D eigenvalue weighted by atomic mass is 9.99. The Morgan fingerprint density at radius 1 is 1.20 bits per heavy atom. The number of rotatable bonds is 6. The maximum atomic E-state index is 12.8. The Labute approximate surface area is 181 Å². The number of aromatic amines is 1. The van der Waals surface area contributed by atoms with Crippen LogP contribution in [0.4, 0.5) is 0 Å². The molecule has 0 fully saturated rings. The smallest absolute Gasteiger partial charge is 0.335 e. The number of fused-ring (bicyclic) bond motifs is 1. The van der Waals surface area contributed by atoms with E-state index >= 15 is 0 Å². The lowest BCUT2D eigenvalue weighted by Gasteiger charge is -2.06. The van der Waals surface area contributed by atoms with Crippen LogP contribution in [-0.2, 0) is 5.75 Å². The first-order chi connectivity index (χ1) is 14.4. The van der Waals surface area contributed by atoms with E-state index < -0.39 is 5.97 Å². The third-order valence-corrected chi connectivity index (χ3v) is 6.68. The molecule has 7 heteroatoms. The molecule has 2 aromatic heterocycles. The van der Waals surface area contributed by atoms with E-state index in [1.165, 1.54) is 28.7 Å². The summed E-state index contributed by atoms with van der Waals surface area (Å²) >= 11 is 2.83. The van der Waals surface area contributed by atoms with Gasteiger partial charge >= 0.3 is 5.97 Å². The molecule has 2 aromatic carbocycles. The molecule has 4 rings (SSSR count). The molecular formula is C23H20N2O3S2. The third kappa shape index (κ3) is 4.17. The minimum Gasteiger partial charge on any atom is -0.478 e. The molecule has 0 spiro atoms. The standard InChI is InChI=1S/C23H20N2O3S2/c1-13(2)15-6-8-16(9-7-15)18-12-29-21-19(18)20(26)24-23(25-21)30-11-14-4-3-5-17(10-14)22(27)28/h3-10,12-13H,11H2,1-2H3,(H,27,28)(H,24,25,26). The largest absolute Gasteiger partial charge is 0.478 e. The van der Waals surface area contributed by atoms with Gasteiger partial charge in [0, 0.05) is 16.7 Å². The highest BCUT2D eigenvalue weighted by molar-refractivity contribution is 7.98. The van der Waals surface area contributed by atoms with E-state index in [2.05, 4.69) is 35.9 Å². The van der Waals surface area contributed by atoms with Gasteiger partial charge in [-0.2, -0.15) is 0 Å².